The number of hydrogen-bond acceptors (Lipinski definition) is 2. The Morgan fingerprint density at radius 1 is 1.14 bits per heavy atom. The third kappa shape index (κ3) is 4.08. The molecule has 1 unspecified atom stereocenters. The quantitative estimate of drug-likeness (QED) is 0.853. The fraction of sp³-hybridized carbons (Fsp3) is 0.684. The molecule has 1 aliphatic carbocycles. The Kier molecular flexibility index (Phi) is 4.97. The fourth-order valence-corrected chi connectivity index (χ4v) is 3.51. The average molecular weight is 286 g/mol. The maximum Gasteiger partial charge on any atom is 0.0239 e. The summed E-state index contributed by atoms with van der Waals surface area (Å²) in [5, 5.41) is 3.70. The molecule has 2 heteroatoms. The molecule has 116 valence electrons. The van der Waals surface area contributed by atoms with Gasteiger partial charge >= 0.3 is 0 Å². The largest absolute Gasteiger partial charge is 0.313 e. The molecule has 1 aromatic rings. The van der Waals surface area contributed by atoms with Gasteiger partial charge < -0.3 is 5.32 Å². The minimum atomic E-state index is 0.612. The van der Waals surface area contributed by atoms with Gasteiger partial charge in [0.05, 0.1) is 0 Å². The lowest BCUT2D eigenvalue weighted by molar-refractivity contribution is 0.177. The van der Waals surface area contributed by atoms with Crippen LogP contribution in [0.15, 0.2) is 24.3 Å². The number of hydrogen-bond donors (Lipinski definition) is 1. The summed E-state index contributed by atoms with van der Waals surface area (Å²) < 4.78 is 0. The van der Waals surface area contributed by atoms with Crippen molar-refractivity contribution < 1.29 is 0 Å². The lowest BCUT2D eigenvalue weighted by Gasteiger charge is -2.33. The second-order valence-corrected chi connectivity index (χ2v) is 7.14. The van der Waals surface area contributed by atoms with Gasteiger partial charge in [-0.1, -0.05) is 30.7 Å². The molecular weight excluding hydrogens is 256 g/mol. The first-order valence-corrected chi connectivity index (χ1v) is 8.79. The van der Waals surface area contributed by atoms with Gasteiger partial charge in [-0.05, 0) is 63.1 Å². The van der Waals surface area contributed by atoms with Crippen LogP contribution in [0.4, 0.5) is 0 Å². The van der Waals surface area contributed by atoms with Gasteiger partial charge in [0.1, 0.15) is 0 Å². The van der Waals surface area contributed by atoms with E-state index in [9.17, 15) is 0 Å². The lowest BCUT2D eigenvalue weighted by Crippen LogP contribution is -2.45. The minimum Gasteiger partial charge on any atom is -0.313 e. The molecule has 0 aromatic heterocycles. The highest BCUT2D eigenvalue weighted by molar-refractivity contribution is 5.33. The third-order valence-corrected chi connectivity index (χ3v) is 5.04. The molecule has 2 aliphatic rings. The van der Waals surface area contributed by atoms with E-state index in [4.69, 9.17) is 0 Å². The molecule has 1 saturated carbocycles. The molecule has 2 fully saturated rings. The van der Waals surface area contributed by atoms with Crippen molar-refractivity contribution >= 4 is 0 Å². The van der Waals surface area contributed by atoms with Crippen molar-refractivity contribution in [3.63, 3.8) is 0 Å². The van der Waals surface area contributed by atoms with E-state index < -0.39 is 0 Å². The van der Waals surface area contributed by atoms with Crippen LogP contribution in [-0.2, 0) is 6.54 Å². The standard InChI is InChI=1S/C19H30N2/c1-15(2)21(14-18-8-5-6-12-20-18)13-17-7-3-4-9-19(17)16-10-11-16/h3-4,7,9,15-16,18,20H,5-6,8,10-14H2,1-2H3. The van der Waals surface area contributed by atoms with Gasteiger partial charge in [0.15, 0.2) is 0 Å². The zero-order valence-corrected chi connectivity index (χ0v) is 13.6. The maximum atomic E-state index is 3.70. The molecule has 2 nitrogen and oxygen atoms in total. The first-order valence-electron chi connectivity index (χ1n) is 8.79. The van der Waals surface area contributed by atoms with Crippen LogP contribution in [0.25, 0.3) is 0 Å². The van der Waals surface area contributed by atoms with Gasteiger partial charge in [0.25, 0.3) is 0 Å². The smallest absolute Gasteiger partial charge is 0.0239 e. The fourth-order valence-electron chi connectivity index (χ4n) is 3.51. The van der Waals surface area contributed by atoms with E-state index in [2.05, 4.69) is 48.3 Å². The van der Waals surface area contributed by atoms with Crippen LogP contribution in [0.5, 0.6) is 0 Å². The predicted molar refractivity (Wildman–Crippen MR) is 89.6 cm³/mol. The van der Waals surface area contributed by atoms with E-state index in [0.29, 0.717) is 12.1 Å². The van der Waals surface area contributed by atoms with Crippen molar-refractivity contribution in [2.45, 2.75) is 70.5 Å². The van der Waals surface area contributed by atoms with Gasteiger partial charge in [-0.2, -0.15) is 0 Å². The molecule has 0 bridgehead atoms. The highest BCUT2D eigenvalue weighted by Crippen LogP contribution is 2.41. The monoisotopic (exact) mass is 286 g/mol. The van der Waals surface area contributed by atoms with E-state index in [1.54, 1.807) is 11.1 Å². The molecule has 1 atom stereocenters. The highest BCUT2D eigenvalue weighted by atomic mass is 15.2. The first kappa shape index (κ1) is 15.1. The van der Waals surface area contributed by atoms with Crippen LogP contribution in [-0.4, -0.2) is 30.1 Å². The van der Waals surface area contributed by atoms with Gasteiger partial charge in [-0.15, -0.1) is 0 Å². The molecule has 1 heterocycles. The van der Waals surface area contributed by atoms with E-state index >= 15 is 0 Å². The number of piperidine rings is 1. The summed E-state index contributed by atoms with van der Waals surface area (Å²) in [6.07, 6.45) is 6.87. The van der Waals surface area contributed by atoms with Crippen LogP contribution in [0.2, 0.25) is 0 Å². The van der Waals surface area contributed by atoms with Crippen molar-refractivity contribution in [1.82, 2.24) is 10.2 Å². The Bertz CT molecular complexity index is 445. The van der Waals surface area contributed by atoms with Crippen molar-refractivity contribution in [1.29, 1.82) is 0 Å². The summed E-state index contributed by atoms with van der Waals surface area (Å²) in [4.78, 5) is 2.66. The van der Waals surface area contributed by atoms with E-state index in [1.807, 2.05) is 0 Å². The van der Waals surface area contributed by atoms with Gasteiger partial charge in [0, 0.05) is 25.2 Å². The number of rotatable bonds is 6. The molecule has 0 amide bonds. The summed E-state index contributed by atoms with van der Waals surface area (Å²) in [5.74, 6) is 0.850. The van der Waals surface area contributed by atoms with Crippen molar-refractivity contribution in [3.05, 3.63) is 35.4 Å². The summed E-state index contributed by atoms with van der Waals surface area (Å²) in [6.45, 7) is 8.18. The Labute approximate surface area is 129 Å². The van der Waals surface area contributed by atoms with Crippen molar-refractivity contribution in [2.75, 3.05) is 13.1 Å². The molecule has 0 spiro atoms. The summed E-state index contributed by atoms with van der Waals surface area (Å²) >= 11 is 0. The topological polar surface area (TPSA) is 15.3 Å². The normalized spacial score (nSPS) is 23.0. The van der Waals surface area contributed by atoms with Crippen LogP contribution >= 0.6 is 0 Å². The van der Waals surface area contributed by atoms with Crippen molar-refractivity contribution in [2.24, 2.45) is 0 Å². The first-order chi connectivity index (χ1) is 10.2. The molecule has 3 rings (SSSR count). The maximum absolute atomic E-state index is 3.70. The molecule has 21 heavy (non-hydrogen) atoms. The second kappa shape index (κ2) is 6.93. The Hall–Kier alpha value is -0.860. The SMILES string of the molecule is CC(C)N(Cc1ccccc1C1CC1)CC1CCCCN1. The van der Waals surface area contributed by atoms with E-state index in [-0.39, 0.29) is 0 Å². The molecule has 0 radical (unpaired) electrons. The molecule has 1 aromatic carbocycles. The number of nitrogens with zero attached hydrogens (tertiary/aromatic N) is 1. The molecular formula is C19H30N2. The zero-order chi connectivity index (χ0) is 14.7. The molecule has 1 aliphatic heterocycles. The predicted octanol–water partition coefficient (Wildman–Crippen LogP) is 3.92. The zero-order valence-electron chi connectivity index (χ0n) is 13.6. The number of benzene rings is 1. The van der Waals surface area contributed by atoms with Crippen LogP contribution in [0.1, 0.15) is 63.0 Å². The highest BCUT2D eigenvalue weighted by Gasteiger charge is 2.27. The van der Waals surface area contributed by atoms with Gasteiger partial charge in [-0.3, -0.25) is 4.90 Å². The lowest BCUT2D eigenvalue weighted by atomic mass is 10.0. The number of nitrogens with one attached hydrogen (secondary N) is 1. The molecule has 1 N–H and O–H groups in total. The van der Waals surface area contributed by atoms with Gasteiger partial charge in [0.2, 0.25) is 0 Å². The molecule has 1 saturated heterocycles. The van der Waals surface area contributed by atoms with E-state index in [0.717, 1.165) is 12.5 Å². The minimum absolute atomic E-state index is 0.612. The van der Waals surface area contributed by atoms with Crippen LogP contribution < -0.4 is 5.32 Å². The summed E-state index contributed by atoms with van der Waals surface area (Å²) in [5.41, 5.74) is 3.17. The van der Waals surface area contributed by atoms with Crippen LogP contribution in [0, 0.1) is 0 Å². The average Bonchev–Trinajstić information content (AvgIpc) is 3.33. The Morgan fingerprint density at radius 3 is 2.62 bits per heavy atom. The summed E-state index contributed by atoms with van der Waals surface area (Å²) in [7, 11) is 0. The van der Waals surface area contributed by atoms with Crippen molar-refractivity contribution in [3.8, 4) is 0 Å². The Balaban J connectivity index is 1.67. The third-order valence-electron chi connectivity index (χ3n) is 5.04. The van der Waals surface area contributed by atoms with Gasteiger partial charge in [-0.25, -0.2) is 0 Å². The Morgan fingerprint density at radius 2 is 1.95 bits per heavy atom. The summed E-state index contributed by atoms with van der Waals surface area (Å²) in [6, 6.07) is 10.4. The second-order valence-electron chi connectivity index (χ2n) is 7.14. The van der Waals surface area contributed by atoms with Crippen LogP contribution in [0.3, 0.4) is 0 Å². The van der Waals surface area contributed by atoms with E-state index in [1.165, 1.54) is 45.2 Å².